The van der Waals surface area contributed by atoms with Crippen LogP contribution in [0.2, 0.25) is 0 Å². The molecule has 4 nitrogen and oxygen atoms in total. The van der Waals surface area contributed by atoms with Gasteiger partial charge in [-0.15, -0.1) is 0 Å². The van der Waals surface area contributed by atoms with Crippen molar-refractivity contribution < 1.29 is 14.9 Å². The number of carbonyl (C=O) groups excluding carboxylic acids is 1. The molecule has 0 aromatic carbocycles. The van der Waals surface area contributed by atoms with Crippen molar-refractivity contribution in [3.8, 4) is 0 Å². The summed E-state index contributed by atoms with van der Waals surface area (Å²) < 4.78 is 0. The Bertz CT molecular complexity index is 137. The van der Waals surface area contributed by atoms with Crippen LogP contribution in [0.1, 0.15) is 19.8 Å². The van der Waals surface area contributed by atoms with Crippen LogP contribution in [0, 0.1) is 0 Å². The van der Waals surface area contributed by atoms with E-state index in [-0.39, 0.29) is 6.04 Å². The molecule has 0 spiro atoms. The quantitative estimate of drug-likeness (QED) is 0.410. The highest BCUT2D eigenvalue weighted by atomic mass is 17.1. The first-order valence-electron chi connectivity index (χ1n) is 3.37. The Morgan fingerprint density at radius 2 is 2.50 bits per heavy atom. The zero-order valence-corrected chi connectivity index (χ0v) is 5.91. The predicted molar refractivity (Wildman–Crippen MR) is 34.5 cm³/mol. The summed E-state index contributed by atoms with van der Waals surface area (Å²) in [6.45, 7) is 2.63. The molecule has 1 saturated heterocycles. The van der Waals surface area contributed by atoms with Crippen LogP contribution in [0.4, 0.5) is 4.79 Å². The zero-order chi connectivity index (χ0) is 7.56. The highest BCUT2D eigenvalue weighted by Gasteiger charge is 2.26. The van der Waals surface area contributed by atoms with Gasteiger partial charge in [-0.05, 0) is 19.8 Å². The van der Waals surface area contributed by atoms with Gasteiger partial charge in [0.2, 0.25) is 0 Å². The monoisotopic (exact) mass is 145 g/mol. The van der Waals surface area contributed by atoms with Gasteiger partial charge in [0.15, 0.2) is 0 Å². The van der Waals surface area contributed by atoms with Crippen LogP contribution >= 0.6 is 0 Å². The minimum absolute atomic E-state index is 0.208. The van der Waals surface area contributed by atoms with Crippen LogP contribution < -0.4 is 0 Å². The molecule has 1 aliphatic rings. The van der Waals surface area contributed by atoms with Crippen LogP contribution in [0.3, 0.4) is 0 Å². The van der Waals surface area contributed by atoms with E-state index >= 15 is 0 Å². The summed E-state index contributed by atoms with van der Waals surface area (Å²) in [6, 6.07) is 0.208. The van der Waals surface area contributed by atoms with Crippen molar-refractivity contribution in [2.45, 2.75) is 25.8 Å². The van der Waals surface area contributed by atoms with Gasteiger partial charge in [-0.25, -0.2) is 4.79 Å². The van der Waals surface area contributed by atoms with E-state index in [4.69, 9.17) is 5.26 Å². The lowest BCUT2D eigenvalue weighted by Crippen LogP contribution is -2.33. The summed E-state index contributed by atoms with van der Waals surface area (Å²) in [4.78, 5) is 15.8. The van der Waals surface area contributed by atoms with Crippen LogP contribution in [0.25, 0.3) is 0 Å². The molecule has 1 N–H and O–H groups in total. The average Bonchev–Trinajstić information content (AvgIpc) is 2.34. The Morgan fingerprint density at radius 1 is 1.80 bits per heavy atom. The summed E-state index contributed by atoms with van der Waals surface area (Å²) in [5.41, 5.74) is 0. The SMILES string of the molecule is C[C@@H]1CCCN1C(=O)OO. The molecule has 0 saturated carbocycles. The summed E-state index contributed by atoms with van der Waals surface area (Å²) in [6.07, 6.45) is 1.36. The van der Waals surface area contributed by atoms with Crippen molar-refractivity contribution in [1.82, 2.24) is 4.90 Å². The highest BCUT2D eigenvalue weighted by molar-refractivity contribution is 5.67. The van der Waals surface area contributed by atoms with E-state index in [1.54, 1.807) is 0 Å². The highest BCUT2D eigenvalue weighted by Crippen LogP contribution is 2.16. The molecule has 0 unspecified atom stereocenters. The lowest BCUT2D eigenvalue weighted by atomic mass is 10.2. The second kappa shape index (κ2) is 2.88. The van der Waals surface area contributed by atoms with Gasteiger partial charge >= 0.3 is 6.09 Å². The van der Waals surface area contributed by atoms with Crippen LogP contribution in [0.5, 0.6) is 0 Å². The van der Waals surface area contributed by atoms with E-state index in [1.165, 1.54) is 4.90 Å². The van der Waals surface area contributed by atoms with Gasteiger partial charge in [-0.1, -0.05) is 0 Å². The third-order valence-electron chi connectivity index (χ3n) is 1.87. The summed E-state index contributed by atoms with van der Waals surface area (Å²) in [5.74, 6) is 0. The summed E-state index contributed by atoms with van der Waals surface area (Å²) >= 11 is 0. The first-order valence-corrected chi connectivity index (χ1v) is 3.37. The van der Waals surface area contributed by atoms with Crippen molar-refractivity contribution in [1.29, 1.82) is 0 Å². The second-order valence-corrected chi connectivity index (χ2v) is 2.54. The van der Waals surface area contributed by atoms with E-state index in [9.17, 15) is 4.79 Å². The fraction of sp³-hybridized carbons (Fsp3) is 0.833. The zero-order valence-electron chi connectivity index (χ0n) is 5.91. The number of carbonyl (C=O) groups is 1. The molecular formula is C6H11NO3. The van der Waals surface area contributed by atoms with Gasteiger partial charge in [0.25, 0.3) is 0 Å². The standard InChI is InChI=1S/C6H11NO3/c1-5-3-2-4-7(5)6(8)10-9/h5,9H,2-4H2,1H3/t5-/m1/s1. The number of rotatable bonds is 0. The molecule has 58 valence electrons. The van der Waals surface area contributed by atoms with Gasteiger partial charge in [-0.2, -0.15) is 5.26 Å². The van der Waals surface area contributed by atoms with Gasteiger partial charge in [0, 0.05) is 12.6 Å². The van der Waals surface area contributed by atoms with Crippen LogP contribution in [-0.4, -0.2) is 28.8 Å². The molecule has 1 rings (SSSR count). The van der Waals surface area contributed by atoms with E-state index in [0.717, 1.165) is 12.8 Å². The van der Waals surface area contributed by atoms with E-state index in [2.05, 4.69) is 4.89 Å². The van der Waals surface area contributed by atoms with Crippen LogP contribution in [-0.2, 0) is 4.89 Å². The van der Waals surface area contributed by atoms with Crippen molar-refractivity contribution in [3.05, 3.63) is 0 Å². The molecule has 0 bridgehead atoms. The summed E-state index contributed by atoms with van der Waals surface area (Å²) in [5, 5.41) is 8.02. The third kappa shape index (κ3) is 1.21. The van der Waals surface area contributed by atoms with Gasteiger partial charge in [0.05, 0.1) is 0 Å². The molecule has 0 aromatic rings. The molecule has 1 amide bonds. The topological polar surface area (TPSA) is 49.8 Å². The fourth-order valence-corrected chi connectivity index (χ4v) is 1.26. The average molecular weight is 145 g/mol. The number of nitrogens with zero attached hydrogens (tertiary/aromatic N) is 1. The number of amides is 1. The molecule has 1 fully saturated rings. The first-order chi connectivity index (χ1) is 4.75. The Kier molecular flexibility index (Phi) is 2.11. The number of hydrogen-bond acceptors (Lipinski definition) is 3. The smallest absolute Gasteiger partial charge is 0.303 e. The molecule has 1 heterocycles. The third-order valence-corrected chi connectivity index (χ3v) is 1.87. The molecule has 1 atom stereocenters. The Balaban J connectivity index is 2.46. The first kappa shape index (κ1) is 7.34. The largest absolute Gasteiger partial charge is 0.441 e. The van der Waals surface area contributed by atoms with Crippen molar-refractivity contribution in [2.75, 3.05) is 6.54 Å². The van der Waals surface area contributed by atoms with Gasteiger partial charge < -0.3 is 4.90 Å². The maximum absolute atomic E-state index is 10.7. The lowest BCUT2D eigenvalue weighted by Gasteiger charge is -2.17. The minimum atomic E-state index is -0.634. The molecule has 1 aliphatic heterocycles. The summed E-state index contributed by atoms with van der Waals surface area (Å²) in [7, 11) is 0. The fourth-order valence-electron chi connectivity index (χ4n) is 1.26. The number of likely N-dealkylation sites (tertiary alicyclic amines) is 1. The van der Waals surface area contributed by atoms with E-state index < -0.39 is 6.09 Å². The van der Waals surface area contributed by atoms with Gasteiger partial charge in [0.1, 0.15) is 0 Å². The van der Waals surface area contributed by atoms with E-state index in [0.29, 0.717) is 6.54 Å². The lowest BCUT2D eigenvalue weighted by molar-refractivity contribution is -0.188. The molecule has 0 aromatic heterocycles. The predicted octanol–water partition coefficient (Wildman–Crippen LogP) is 1.08. The van der Waals surface area contributed by atoms with Crippen LogP contribution in [0.15, 0.2) is 0 Å². The Labute approximate surface area is 59.3 Å². The number of hydrogen-bond donors (Lipinski definition) is 1. The molecule has 10 heavy (non-hydrogen) atoms. The Morgan fingerprint density at radius 3 is 2.90 bits per heavy atom. The molecule has 0 radical (unpaired) electrons. The maximum Gasteiger partial charge on any atom is 0.441 e. The normalized spacial score (nSPS) is 25.0. The molecule has 4 heteroatoms. The van der Waals surface area contributed by atoms with Crippen molar-refractivity contribution >= 4 is 6.09 Å². The molecule has 0 aliphatic carbocycles. The maximum atomic E-state index is 10.7. The second-order valence-electron chi connectivity index (χ2n) is 2.54. The van der Waals surface area contributed by atoms with Gasteiger partial charge in [-0.3, -0.25) is 4.89 Å². The van der Waals surface area contributed by atoms with E-state index in [1.807, 2.05) is 6.92 Å². The molecular weight excluding hydrogens is 134 g/mol. The Hall–Kier alpha value is -0.770. The van der Waals surface area contributed by atoms with Crippen molar-refractivity contribution in [2.24, 2.45) is 0 Å². The van der Waals surface area contributed by atoms with Crippen molar-refractivity contribution in [3.63, 3.8) is 0 Å². The minimum Gasteiger partial charge on any atom is -0.303 e.